The van der Waals surface area contributed by atoms with Gasteiger partial charge in [0, 0.05) is 0 Å². The maximum atomic E-state index is 10.8. The van der Waals surface area contributed by atoms with E-state index in [1.807, 2.05) is 0 Å². The Balaban J connectivity index is 2.67. The number of carbonyl (C=O) groups is 2. The lowest BCUT2D eigenvalue weighted by molar-refractivity contribution is -0.148. The van der Waals surface area contributed by atoms with Gasteiger partial charge in [0.1, 0.15) is 0 Å². The summed E-state index contributed by atoms with van der Waals surface area (Å²) < 4.78 is 0. The second kappa shape index (κ2) is 3.56. The minimum atomic E-state index is -0.890. The quantitative estimate of drug-likeness (QED) is 0.629. The summed E-state index contributed by atoms with van der Waals surface area (Å²) in [4.78, 5) is 21.5. The first kappa shape index (κ1) is 9.03. The van der Waals surface area contributed by atoms with E-state index in [1.54, 1.807) is 0 Å². The zero-order valence-corrected chi connectivity index (χ0v) is 6.82. The van der Waals surface area contributed by atoms with E-state index in [0.29, 0.717) is 12.8 Å². The summed E-state index contributed by atoms with van der Waals surface area (Å²) in [6.07, 6.45) is 3.02. The Morgan fingerprint density at radius 1 is 1.17 bits per heavy atom. The molecule has 0 radical (unpaired) electrons. The predicted octanol–water partition coefficient (Wildman–Crippen LogP) is 0.363. The largest absolute Gasteiger partial charge is 0.481 e. The molecule has 1 amide bonds. The number of hydrogen-bond donors (Lipinski definition) is 2. The van der Waals surface area contributed by atoms with E-state index in [1.165, 1.54) is 0 Å². The van der Waals surface area contributed by atoms with Gasteiger partial charge in [-0.2, -0.15) is 0 Å². The highest BCUT2D eigenvalue weighted by molar-refractivity contribution is 5.83. The summed E-state index contributed by atoms with van der Waals surface area (Å²) >= 11 is 0. The molecule has 0 spiro atoms. The number of primary amides is 1. The minimum absolute atomic E-state index is 0.448. The Morgan fingerprint density at radius 3 is 2.00 bits per heavy atom. The van der Waals surface area contributed by atoms with Crippen LogP contribution in [0.25, 0.3) is 0 Å². The highest BCUT2D eigenvalue weighted by Gasteiger charge is 2.34. The van der Waals surface area contributed by atoms with Crippen LogP contribution in [0.3, 0.4) is 0 Å². The van der Waals surface area contributed by atoms with E-state index >= 15 is 0 Å². The van der Waals surface area contributed by atoms with Crippen LogP contribution >= 0.6 is 0 Å². The molecule has 0 bridgehead atoms. The lowest BCUT2D eigenvalue weighted by Crippen LogP contribution is -2.36. The fourth-order valence-electron chi connectivity index (χ4n) is 1.77. The van der Waals surface area contributed by atoms with Crippen molar-refractivity contribution in [2.75, 3.05) is 0 Å². The number of carboxylic acids is 1. The van der Waals surface area contributed by atoms with Gasteiger partial charge in [0.25, 0.3) is 0 Å². The molecule has 0 saturated heterocycles. The number of rotatable bonds is 2. The van der Waals surface area contributed by atoms with Crippen LogP contribution in [0.1, 0.15) is 25.7 Å². The fraction of sp³-hybridized carbons (Fsp3) is 0.750. The van der Waals surface area contributed by atoms with Crippen molar-refractivity contribution in [2.24, 2.45) is 17.6 Å². The molecule has 0 aromatic rings. The van der Waals surface area contributed by atoms with Crippen molar-refractivity contribution in [3.05, 3.63) is 0 Å². The molecular weight excluding hydrogens is 158 g/mol. The molecular formula is C8H13NO3. The monoisotopic (exact) mass is 171 g/mol. The molecule has 12 heavy (non-hydrogen) atoms. The molecule has 1 rings (SSSR count). The Kier molecular flexibility index (Phi) is 2.68. The van der Waals surface area contributed by atoms with Gasteiger partial charge in [-0.1, -0.05) is 12.8 Å². The lowest BCUT2D eigenvalue weighted by atomic mass is 9.79. The number of carboxylic acid groups (broad SMARTS) is 1. The fourth-order valence-corrected chi connectivity index (χ4v) is 1.77. The van der Waals surface area contributed by atoms with Crippen LogP contribution in [0, 0.1) is 11.8 Å². The smallest absolute Gasteiger partial charge is 0.307 e. The SMILES string of the molecule is NC(=O)[C@H]1CCCC[C@@H]1C(=O)O. The van der Waals surface area contributed by atoms with Crippen molar-refractivity contribution in [2.45, 2.75) is 25.7 Å². The molecule has 1 aliphatic rings. The average Bonchev–Trinajstić information content (AvgIpc) is 2.04. The Labute approximate surface area is 70.7 Å². The molecule has 1 fully saturated rings. The molecule has 0 aromatic heterocycles. The molecule has 1 saturated carbocycles. The van der Waals surface area contributed by atoms with Gasteiger partial charge < -0.3 is 10.8 Å². The number of nitrogens with two attached hydrogens (primary N) is 1. The van der Waals surface area contributed by atoms with E-state index in [9.17, 15) is 9.59 Å². The van der Waals surface area contributed by atoms with Crippen LogP contribution in [0.5, 0.6) is 0 Å². The minimum Gasteiger partial charge on any atom is -0.481 e. The third-order valence-corrected chi connectivity index (χ3v) is 2.45. The highest BCUT2D eigenvalue weighted by atomic mass is 16.4. The summed E-state index contributed by atoms with van der Waals surface area (Å²) in [7, 11) is 0. The molecule has 0 heterocycles. The summed E-state index contributed by atoms with van der Waals surface area (Å²) in [6.45, 7) is 0. The molecule has 3 N–H and O–H groups in total. The highest BCUT2D eigenvalue weighted by Crippen LogP contribution is 2.29. The molecule has 0 aromatic carbocycles. The number of aliphatic carboxylic acids is 1. The van der Waals surface area contributed by atoms with Gasteiger partial charge >= 0.3 is 5.97 Å². The van der Waals surface area contributed by atoms with Crippen molar-refractivity contribution in [3.63, 3.8) is 0 Å². The van der Waals surface area contributed by atoms with Gasteiger partial charge in [-0.25, -0.2) is 0 Å². The molecule has 4 nitrogen and oxygen atoms in total. The van der Waals surface area contributed by atoms with Crippen molar-refractivity contribution < 1.29 is 14.7 Å². The first-order valence-electron chi connectivity index (χ1n) is 4.15. The van der Waals surface area contributed by atoms with Crippen LogP contribution in [0.2, 0.25) is 0 Å². The van der Waals surface area contributed by atoms with E-state index in [0.717, 1.165) is 12.8 Å². The van der Waals surface area contributed by atoms with Crippen molar-refractivity contribution in [3.8, 4) is 0 Å². The standard InChI is InChI=1S/C8H13NO3/c9-7(10)5-3-1-2-4-6(5)8(11)12/h5-6H,1-4H2,(H2,9,10)(H,11,12)/t5-,6-/m0/s1. The van der Waals surface area contributed by atoms with E-state index in [2.05, 4.69) is 0 Å². The van der Waals surface area contributed by atoms with Gasteiger partial charge in [-0.3, -0.25) is 9.59 Å². The van der Waals surface area contributed by atoms with Crippen molar-refractivity contribution >= 4 is 11.9 Å². The number of amides is 1. The Hall–Kier alpha value is -1.06. The first-order valence-corrected chi connectivity index (χ1v) is 4.15. The molecule has 0 aliphatic heterocycles. The van der Waals surface area contributed by atoms with Gasteiger partial charge in [0.15, 0.2) is 0 Å². The molecule has 1 aliphatic carbocycles. The average molecular weight is 171 g/mol. The summed E-state index contributed by atoms with van der Waals surface area (Å²) in [5.74, 6) is -2.35. The van der Waals surface area contributed by atoms with E-state index in [4.69, 9.17) is 10.8 Å². The zero-order chi connectivity index (χ0) is 9.14. The third kappa shape index (κ3) is 1.75. The topological polar surface area (TPSA) is 80.4 Å². The van der Waals surface area contributed by atoms with Crippen LogP contribution < -0.4 is 5.73 Å². The summed E-state index contributed by atoms with van der Waals surface area (Å²) in [6, 6.07) is 0. The molecule has 4 heteroatoms. The van der Waals surface area contributed by atoms with Gasteiger partial charge in [-0.05, 0) is 12.8 Å². The first-order chi connectivity index (χ1) is 5.63. The molecule has 0 unspecified atom stereocenters. The molecule has 2 atom stereocenters. The Bertz CT molecular complexity index is 180. The second-order valence-electron chi connectivity index (χ2n) is 3.24. The van der Waals surface area contributed by atoms with Gasteiger partial charge in [0.05, 0.1) is 11.8 Å². The van der Waals surface area contributed by atoms with E-state index in [-0.39, 0.29) is 0 Å². The number of hydrogen-bond acceptors (Lipinski definition) is 2. The van der Waals surface area contributed by atoms with Gasteiger partial charge in [-0.15, -0.1) is 0 Å². The maximum absolute atomic E-state index is 10.8. The zero-order valence-electron chi connectivity index (χ0n) is 6.82. The summed E-state index contributed by atoms with van der Waals surface area (Å²) in [5.41, 5.74) is 5.09. The predicted molar refractivity (Wildman–Crippen MR) is 42.3 cm³/mol. The van der Waals surface area contributed by atoms with Crippen molar-refractivity contribution in [1.29, 1.82) is 0 Å². The number of carbonyl (C=O) groups excluding carboxylic acids is 1. The Morgan fingerprint density at radius 2 is 1.67 bits per heavy atom. The van der Waals surface area contributed by atoms with Crippen LogP contribution in [0.4, 0.5) is 0 Å². The van der Waals surface area contributed by atoms with Crippen LogP contribution in [-0.4, -0.2) is 17.0 Å². The normalized spacial score (nSPS) is 29.7. The second-order valence-corrected chi connectivity index (χ2v) is 3.24. The van der Waals surface area contributed by atoms with Crippen LogP contribution in [-0.2, 0) is 9.59 Å². The van der Waals surface area contributed by atoms with E-state index < -0.39 is 23.7 Å². The molecule has 68 valence electrons. The summed E-state index contributed by atoms with van der Waals surface area (Å²) in [5, 5.41) is 8.75. The lowest BCUT2D eigenvalue weighted by Gasteiger charge is -2.25. The van der Waals surface area contributed by atoms with Crippen molar-refractivity contribution in [1.82, 2.24) is 0 Å². The van der Waals surface area contributed by atoms with Crippen LogP contribution in [0.15, 0.2) is 0 Å². The third-order valence-electron chi connectivity index (χ3n) is 2.45. The maximum Gasteiger partial charge on any atom is 0.307 e. The van der Waals surface area contributed by atoms with Gasteiger partial charge in [0.2, 0.25) is 5.91 Å².